The molecule has 102 valence electrons. The molecule has 2 atom stereocenters. The molecule has 1 aromatic rings. The third-order valence-corrected chi connectivity index (χ3v) is 4.38. The molecule has 2 N–H and O–H groups in total. The number of aliphatic carboxylic acids is 1. The molecular formula is C14H17NO3S. The van der Waals surface area contributed by atoms with E-state index in [0.717, 1.165) is 24.8 Å². The molecule has 0 bridgehead atoms. The van der Waals surface area contributed by atoms with Crippen LogP contribution in [0.15, 0.2) is 24.1 Å². The zero-order valence-corrected chi connectivity index (χ0v) is 11.4. The SMILES string of the molecule is C=CCC(NC(=O)C1CCCc2sccc21)C(=O)O. The molecule has 2 unspecified atom stereocenters. The van der Waals surface area contributed by atoms with Crippen LogP contribution in [0.1, 0.15) is 35.6 Å². The maximum absolute atomic E-state index is 12.2. The highest BCUT2D eigenvalue weighted by molar-refractivity contribution is 7.10. The minimum atomic E-state index is -1.02. The van der Waals surface area contributed by atoms with E-state index in [4.69, 9.17) is 5.11 Å². The summed E-state index contributed by atoms with van der Waals surface area (Å²) in [6, 6.07) is 1.10. The Morgan fingerprint density at radius 3 is 3.11 bits per heavy atom. The molecule has 5 heteroatoms. The third-order valence-electron chi connectivity index (χ3n) is 3.39. The Morgan fingerprint density at radius 2 is 2.42 bits per heavy atom. The van der Waals surface area contributed by atoms with Crippen molar-refractivity contribution in [3.63, 3.8) is 0 Å². The molecule has 0 spiro atoms. The topological polar surface area (TPSA) is 66.4 Å². The molecule has 1 amide bonds. The Morgan fingerprint density at radius 1 is 1.63 bits per heavy atom. The van der Waals surface area contributed by atoms with Crippen molar-refractivity contribution < 1.29 is 14.7 Å². The first-order valence-corrected chi connectivity index (χ1v) is 7.21. The van der Waals surface area contributed by atoms with Crippen LogP contribution < -0.4 is 5.32 Å². The predicted molar refractivity (Wildman–Crippen MR) is 74.4 cm³/mol. The summed E-state index contributed by atoms with van der Waals surface area (Å²) in [5.74, 6) is -1.41. The van der Waals surface area contributed by atoms with Gasteiger partial charge in [-0.3, -0.25) is 4.79 Å². The summed E-state index contributed by atoms with van der Waals surface area (Å²) in [6.45, 7) is 3.52. The molecule has 19 heavy (non-hydrogen) atoms. The fourth-order valence-electron chi connectivity index (χ4n) is 2.42. The number of amides is 1. The number of aryl methyl sites for hydroxylation is 1. The van der Waals surface area contributed by atoms with E-state index in [9.17, 15) is 9.59 Å². The fourth-order valence-corrected chi connectivity index (χ4v) is 3.41. The molecule has 0 fully saturated rings. The van der Waals surface area contributed by atoms with Crippen LogP contribution in [0.4, 0.5) is 0 Å². The normalized spacial score (nSPS) is 19.3. The van der Waals surface area contributed by atoms with E-state index >= 15 is 0 Å². The van der Waals surface area contributed by atoms with E-state index in [-0.39, 0.29) is 18.2 Å². The summed E-state index contributed by atoms with van der Waals surface area (Å²) in [5, 5.41) is 13.7. The lowest BCUT2D eigenvalue weighted by atomic mass is 9.87. The van der Waals surface area contributed by atoms with E-state index in [1.807, 2.05) is 11.4 Å². The van der Waals surface area contributed by atoms with Gasteiger partial charge in [0.1, 0.15) is 6.04 Å². The summed E-state index contributed by atoms with van der Waals surface area (Å²) in [6.07, 6.45) is 4.53. The van der Waals surface area contributed by atoms with Gasteiger partial charge in [0.25, 0.3) is 0 Å². The van der Waals surface area contributed by atoms with Crippen LogP contribution >= 0.6 is 11.3 Å². The van der Waals surface area contributed by atoms with Crippen molar-refractivity contribution in [2.75, 3.05) is 0 Å². The molecule has 0 saturated heterocycles. The van der Waals surface area contributed by atoms with Crippen LogP contribution in [-0.2, 0) is 16.0 Å². The lowest BCUT2D eigenvalue weighted by molar-refractivity contribution is -0.142. The lowest BCUT2D eigenvalue weighted by Gasteiger charge is -2.23. The van der Waals surface area contributed by atoms with E-state index in [1.165, 1.54) is 11.0 Å². The Balaban J connectivity index is 2.09. The minimum Gasteiger partial charge on any atom is -0.480 e. The van der Waals surface area contributed by atoms with Gasteiger partial charge in [-0.15, -0.1) is 17.9 Å². The first kappa shape index (κ1) is 13.8. The first-order valence-electron chi connectivity index (χ1n) is 6.33. The van der Waals surface area contributed by atoms with Gasteiger partial charge in [0.15, 0.2) is 0 Å². The maximum Gasteiger partial charge on any atom is 0.326 e. The highest BCUT2D eigenvalue weighted by atomic mass is 32.1. The summed E-state index contributed by atoms with van der Waals surface area (Å²) in [4.78, 5) is 24.5. The minimum absolute atomic E-state index is 0.186. The number of thiophene rings is 1. The van der Waals surface area contributed by atoms with Crippen molar-refractivity contribution in [1.29, 1.82) is 0 Å². The van der Waals surface area contributed by atoms with Crippen LogP contribution in [0.5, 0.6) is 0 Å². The predicted octanol–water partition coefficient (Wildman–Crippen LogP) is 2.31. The molecule has 0 aliphatic heterocycles. The van der Waals surface area contributed by atoms with Gasteiger partial charge >= 0.3 is 5.97 Å². The number of carboxylic acid groups (broad SMARTS) is 1. The Bertz CT molecular complexity index is 495. The van der Waals surface area contributed by atoms with Gasteiger partial charge in [-0.25, -0.2) is 4.79 Å². The van der Waals surface area contributed by atoms with Gasteiger partial charge in [-0.05, 0) is 42.7 Å². The van der Waals surface area contributed by atoms with E-state index in [1.54, 1.807) is 11.3 Å². The summed E-state index contributed by atoms with van der Waals surface area (Å²) in [5.41, 5.74) is 1.07. The van der Waals surface area contributed by atoms with Gasteiger partial charge in [-0.2, -0.15) is 0 Å². The Hall–Kier alpha value is -1.62. The Kier molecular flexibility index (Phi) is 4.37. The average Bonchev–Trinajstić information content (AvgIpc) is 2.85. The highest BCUT2D eigenvalue weighted by Crippen LogP contribution is 2.35. The number of fused-ring (bicyclic) bond motifs is 1. The quantitative estimate of drug-likeness (QED) is 0.813. The number of carbonyl (C=O) groups is 2. The standard InChI is InChI=1S/C14H17NO3S/c1-2-4-11(14(17)18)15-13(16)10-5-3-6-12-9(10)7-8-19-12/h2,7-8,10-11H,1,3-6H2,(H,15,16)(H,17,18). The van der Waals surface area contributed by atoms with Crippen molar-refractivity contribution in [1.82, 2.24) is 5.32 Å². The second-order valence-electron chi connectivity index (χ2n) is 4.67. The van der Waals surface area contributed by atoms with Gasteiger partial charge in [0.05, 0.1) is 5.92 Å². The second-order valence-corrected chi connectivity index (χ2v) is 5.67. The number of carboxylic acids is 1. The molecule has 1 heterocycles. The molecule has 0 saturated carbocycles. The van der Waals surface area contributed by atoms with E-state index in [0.29, 0.717) is 0 Å². The van der Waals surface area contributed by atoms with Gasteiger partial charge in [0.2, 0.25) is 5.91 Å². The molecule has 1 aliphatic rings. The molecule has 0 aromatic carbocycles. The number of hydrogen-bond acceptors (Lipinski definition) is 3. The fraction of sp³-hybridized carbons (Fsp3) is 0.429. The van der Waals surface area contributed by atoms with E-state index in [2.05, 4.69) is 11.9 Å². The van der Waals surface area contributed by atoms with Gasteiger partial charge in [0, 0.05) is 4.88 Å². The zero-order valence-electron chi connectivity index (χ0n) is 10.6. The van der Waals surface area contributed by atoms with Crippen LogP contribution in [0.25, 0.3) is 0 Å². The molecule has 1 aromatic heterocycles. The van der Waals surface area contributed by atoms with Gasteiger partial charge < -0.3 is 10.4 Å². The summed E-state index contributed by atoms with van der Waals surface area (Å²) < 4.78 is 0. The van der Waals surface area contributed by atoms with E-state index < -0.39 is 12.0 Å². The maximum atomic E-state index is 12.2. The Labute approximate surface area is 116 Å². The number of carbonyl (C=O) groups excluding carboxylic acids is 1. The average molecular weight is 279 g/mol. The van der Waals surface area contributed by atoms with Crippen molar-refractivity contribution in [3.05, 3.63) is 34.5 Å². The number of hydrogen-bond donors (Lipinski definition) is 2. The third kappa shape index (κ3) is 3.04. The van der Waals surface area contributed by atoms with Crippen molar-refractivity contribution >= 4 is 23.2 Å². The summed E-state index contributed by atoms with van der Waals surface area (Å²) in [7, 11) is 0. The molecule has 4 nitrogen and oxygen atoms in total. The second kappa shape index (κ2) is 6.02. The highest BCUT2D eigenvalue weighted by Gasteiger charge is 2.29. The molecule has 2 rings (SSSR count). The van der Waals surface area contributed by atoms with Crippen LogP contribution in [0.2, 0.25) is 0 Å². The van der Waals surface area contributed by atoms with Gasteiger partial charge in [-0.1, -0.05) is 6.08 Å². The van der Waals surface area contributed by atoms with Crippen molar-refractivity contribution in [2.45, 2.75) is 37.6 Å². The number of rotatable bonds is 5. The molecule has 0 radical (unpaired) electrons. The molecular weight excluding hydrogens is 262 g/mol. The first-order chi connectivity index (χ1) is 9.13. The van der Waals surface area contributed by atoms with Crippen LogP contribution in [-0.4, -0.2) is 23.0 Å². The smallest absolute Gasteiger partial charge is 0.326 e. The van der Waals surface area contributed by atoms with Crippen molar-refractivity contribution in [2.24, 2.45) is 0 Å². The number of nitrogens with one attached hydrogen (secondary N) is 1. The van der Waals surface area contributed by atoms with Crippen LogP contribution in [0.3, 0.4) is 0 Å². The monoisotopic (exact) mass is 279 g/mol. The van der Waals surface area contributed by atoms with Crippen LogP contribution in [0, 0.1) is 0 Å². The summed E-state index contributed by atoms with van der Waals surface area (Å²) >= 11 is 1.67. The van der Waals surface area contributed by atoms with Crippen molar-refractivity contribution in [3.8, 4) is 0 Å². The zero-order chi connectivity index (χ0) is 13.8. The lowest BCUT2D eigenvalue weighted by Crippen LogP contribution is -2.43. The largest absolute Gasteiger partial charge is 0.480 e. The molecule has 1 aliphatic carbocycles.